The third kappa shape index (κ3) is 5.23. The average molecular weight is 383 g/mol. The number of likely N-dealkylation sites (tertiary alicyclic amines) is 1. The van der Waals surface area contributed by atoms with E-state index in [1.807, 2.05) is 0 Å². The fourth-order valence-corrected chi connectivity index (χ4v) is 2.86. The van der Waals surface area contributed by atoms with Gasteiger partial charge >= 0.3 is 18.2 Å². The molecule has 0 spiro atoms. The fourth-order valence-electron chi connectivity index (χ4n) is 2.86. The molecule has 26 heavy (non-hydrogen) atoms. The van der Waals surface area contributed by atoms with E-state index in [1.165, 1.54) is 4.90 Å². The summed E-state index contributed by atoms with van der Waals surface area (Å²) >= 11 is 0. The van der Waals surface area contributed by atoms with Crippen molar-refractivity contribution in [2.24, 2.45) is 5.92 Å². The van der Waals surface area contributed by atoms with Gasteiger partial charge in [0.15, 0.2) is 5.79 Å². The number of rotatable bonds is 1. The van der Waals surface area contributed by atoms with Gasteiger partial charge in [0, 0.05) is 12.5 Å². The molecule has 3 atom stereocenters. The van der Waals surface area contributed by atoms with Gasteiger partial charge in [-0.25, -0.2) is 9.59 Å². The van der Waals surface area contributed by atoms with Crippen LogP contribution in [0.15, 0.2) is 0 Å². The third-order valence-electron chi connectivity index (χ3n) is 3.89. The standard InChI is InChI=1S/C16H24F3NO6/c1-14(2,3)26-13(22)20-6-9-8-23-15(4,5)25-11(9)10(7-20)24-12(21)16(17,18)19/h9-11H,6-8H2,1-5H3/t9-,10-,11+/m1/s1. The minimum Gasteiger partial charge on any atom is -0.451 e. The molecule has 7 nitrogen and oxygen atoms in total. The molecule has 2 aliphatic rings. The Labute approximate surface area is 149 Å². The number of carbonyl (C=O) groups is 2. The predicted molar refractivity (Wildman–Crippen MR) is 82.1 cm³/mol. The first-order valence-corrected chi connectivity index (χ1v) is 8.25. The highest BCUT2D eigenvalue weighted by Gasteiger charge is 2.51. The molecule has 0 aromatic rings. The molecule has 10 heteroatoms. The van der Waals surface area contributed by atoms with E-state index in [-0.39, 0.29) is 19.7 Å². The highest BCUT2D eigenvalue weighted by Crippen LogP contribution is 2.34. The van der Waals surface area contributed by atoms with Crippen LogP contribution in [0.5, 0.6) is 0 Å². The molecular formula is C16H24F3NO6. The van der Waals surface area contributed by atoms with Crippen molar-refractivity contribution in [3.63, 3.8) is 0 Å². The molecule has 2 rings (SSSR count). The quantitative estimate of drug-likeness (QED) is 0.648. The molecule has 0 N–H and O–H groups in total. The molecule has 2 saturated heterocycles. The van der Waals surface area contributed by atoms with Crippen LogP contribution in [0.1, 0.15) is 34.6 Å². The SMILES string of the molecule is CC(C)(C)OC(=O)N1C[C@@H]2COC(C)(C)O[C@@H]2[C@H](OC(=O)C(F)(F)F)C1. The maximum atomic E-state index is 12.6. The zero-order valence-electron chi connectivity index (χ0n) is 15.4. The van der Waals surface area contributed by atoms with Crippen molar-refractivity contribution >= 4 is 12.1 Å². The Hall–Kier alpha value is -1.55. The zero-order valence-corrected chi connectivity index (χ0v) is 15.4. The Morgan fingerprint density at radius 1 is 1.15 bits per heavy atom. The first-order chi connectivity index (χ1) is 11.7. The van der Waals surface area contributed by atoms with Gasteiger partial charge in [-0.3, -0.25) is 0 Å². The second-order valence-corrected chi connectivity index (χ2v) is 7.88. The number of amides is 1. The molecule has 0 aliphatic carbocycles. The van der Waals surface area contributed by atoms with Crippen molar-refractivity contribution in [3.05, 3.63) is 0 Å². The van der Waals surface area contributed by atoms with Crippen molar-refractivity contribution in [1.29, 1.82) is 0 Å². The van der Waals surface area contributed by atoms with Gasteiger partial charge in [0.2, 0.25) is 0 Å². The molecule has 2 aliphatic heterocycles. The first-order valence-electron chi connectivity index (χ1n) is 8.25. The van der Waals surface area contributed by atoms with Gasteiger partial charge in [-0.05, 0) is 34.6 Å². The molecule has 0 bridgehead atoms. The second kappa shape index (κ2) is 6.88. The third-order valence-corrected chi connectivity index (χ3v) is 3.89. The van der Waals surface area contributed by atoms with Crippen LogP contribution in [0, 0.1) is 5.92 Å². The molecule has 0 aromatic carbocycles. The summed E-state index contributed by atoms with van der Waals surface area (Å²) < 4.78 is 58.9. The normalized spacial score (nSPS) is 28.9. The molecule has 0 saturated carbocycles. The van der Waals surface area contributed by atoms with Gasteiger partial charge < -0.3 is 23.8 Å². The Morgan fingerprint density at radius 2 is 1.77 bits per heavy atom. The number of ether oxygens (including phenoxy) is 4. The monoisotopic (exact) mass is 383 g/mol. The molecule has 0 aromatic heterocycles. The van der Waals surface area contributed by atoms with E-state index in [0.29, 0.717) is 0 Å². The van der Waals surface area contributed by atoms with Crippen molar-refractivity contribution in [2.75, 3.05) is 19.7 Å². The van der Waals surface area contributed by atoms with Crippen molar-refractivity contribution < 1.29 is 41.7 Å². The highest BCUT2D eigenvalue weighted by atomic mass is 19.4. The molecule has 2 heterocycles. The van der Waals surface area contributed by atoms with Crippen LogP contribution in [0.4, 0.5) is 18.0 Å². The van der Waals surface area contributed by atoms with E-state index < -0.39 is 47.8 Å². The van der Waals surface area contributed by atoms with E-state index in [9.17, 15) is 22.8 Å². The molecule has 0 unspecified atom stereocenters. The van der Waals surface area contributed by atoms with Gasteiger partial charge in [-0.1, -0.05) is 0 Å². The lowest BCUT2D eigenvalue weighted by atomic mass is 9.91. The van der Waals surface area contributed by atoms with E-state index in [4.69, 9.17) is 14.2 Å². The van der Waals surface area contributed by atoms with Crippen molar-refractivity contribution in [2.45, 2.75) is 64.4 Å². The van der Waals surface area contributed by atoms with Crippen LogP contribution in [0.2, 0.25) is 0 Å². The molecule has 1 amide bonds. The zero-order chi connectivity index (χ0) is 19.9. The van der Waals surface area contributed by atoms with Crippen LogP contribution in [0.3, 0.4) is 0 Å². The van der Waals surface area contributed by atoms with Crippen LogP contribution >= 0.6 is 0 Å². The van der Waals surface area contributed by atoms with E-state index in [1.54, 1.807) is 34.6 Å². The summed E-state index contributed by atoms with van der Waals surface area (Å²) in [6.07, 6.45) is -7.93. The number of nitrogens with zero attached hydrogens (tertiary/aromatic N) is 1. The summed E-state index contributed by atoms with van der Waals surface area (Å²) in [5, 5.41) is 0. The van der Waals surface area contributed by atoms with E-state index in [2.05, 4.69) is 4.74 Å². The first kappa shape index (κ1) is 20.8. The van der Waals surface area contributed by atoms with Gasteiger partial charge in [0.05, 0.1) is 13.2 Å². The predicted octanol–water partition coefficient (Wildman–Crippen LogP) is 2.48. The van der Waals surface area contributed by atoms with E-state index in [0.717, 1.165) is 0 Å². The van der Waals surface area contributed by atoms with Crippen molar-refractivity contribution in [1.82, 2.24) is 4.90 Å². The topological polar surface area (TPSA) is 74.3 Å². The minimum atomic E-state index is -5.13. The summed E-state index contributed by atoms with van der Waals surface area (Å²) in [6, 6.07) is 0. The minimum absolute atomic E-state index is 0.150. The molecule has 0 radical (unpaired) electrons. The fraction of sp³-hybridized carbons (Fsp3) is 0.875. The lowest BCUT2D eigenvalue weighted by molar-refractivity contribution is -0.319. The lowest BCUT2D eigenvalue weighted by Gasteiger charge is -2.49. The maximum absolute atomic E-state index is 12.6. The smallest absolute Gasteiger partial charge is 0.451 e. The summed E-state index contributed by atoms with van der Waals surface area (Å²) in [5.41, 5.74) is -0.770. The van der Waals surface area contributed by atoms with Gasteiger partial charge in [-0.15, -0.1) is 0 Å². The highest BCUT2D eigenvalue weighted by molar-refractivity contribution is 5.76. The molecule has 2 fully saturated rings. The largest absolute Gasteiger partial charge is 0.490 e. The molecular weight excluding hydrogens is 359 g/mol. The lowest BCUT2D eigenvalue weighted by Crippen LogP contribution is -2.62. The van der Waals surface area contributed by atoms with Crippen LogP contribution < -0.4 is 0 Å². The Balaban J connectivity index is 2.19. The molecule has 150 valence electrons. The summed E-state index contributed by atoms with van der Waals surface area (Å²) in [5.74, 6) is -3.80. The number of carbonyl (C=O) groups excluding carboxylic acids is 2. The Kier molecular flexibility index (Phi) is 5.49. The van der Waals surface area contributed by atoms with Crippen LogP contribution in [-0.2, 0) is 23.7 Å². The number of esters is 1. The number of hydrogen-bond donors (Lipinski definition) is 0. The Morgan fingerprint density at radius 3 is 2.31 bits per heavy atom. The second-order valence-electron chi connectivity index (χ2n) is 7.88. The van der Waals surface area contributed by atoms with Gasteiger partial charge in [0.25, 0.3) is 0 Å². The number of hydrogen-bond acceptors (Lipinski definition) is 6. The summed E-state index contributed by atoms with van der Waals surface area (Å²) in [7, 11) is 0. The van der Waals surface area contributed by atoms with Gasteiger partial charge in [-0.2, -0.15) is 13.2 Å². The van der Waals surface area contributed by atoms with Gasteiger partial charge in [0.1, 0.15) is 17.8 Å². The van der Waals surface area contributed by atoms with Crippen LogP contribution in [0.25, 0.3) is 0 Å². The number of alkyl halides is 3. The van der Waals surface area contributed by atoms with Crippen molar-refractivity contribution in [3.8, 4) is 0 Å². The number of fused-ring (bicyclic) bond motifs is 1. The summed E-state index contributed by atoms with van der Waals surface area (Å²) in [4.78, 5) is 24.8. The average Bonchev–Trinajstić information content (AvgIpc) is 2.44. The van der Waals surface area contributed by atoms with E-state index >= 15 is 0 Å². The number of piperidine rings is 1. The van der Waals surface area contributed by atoms with Crippen LogP contribution in [-0.4, -0.2) is 66.4 Å². The Bertz CT molecular complexity index is 557. The number of halogens is 3. The maximum Gasteiger partial charge on any atom is 0.490 e. The summed E-state index contributed by atoms with van der Waals surface area (Å²) in [6.45, 7) is 8.31.